The van der Waals surface area contributed by atoms with E-state index in [1.54, 1.807) is 0 Å². The van der Waals surface area contributed by atoms with E-state index in [4.69, 9.17) is 5.73 Å². The van der Waals surface area contributed by atoms with E-state index in [-0.39, 0.29) is 6.04 Å². The topological polar surface area (TPSA) is 38.0 Å². The highest BCUT2D eigenvalue weighted by molar-refractivity contribution is 5.45. The number of anilines is 1. The van der Waals surface area contributed by atoms with E-state index in [0.29, 0.717) is 5.92 Å². The van der Waals surface area contributed by atoms with Crippen LogP contribution in [0.5, 0.6) is 0 Å². The zero-order chi connectivity index (χ0) is 13.1. The van der Waals surface area contributed by atoms with E-state index in [1.165, 1.54) is 24.0 Å². The van der Waals surface area contributed by atoms with Gasteiger partial charge in [-0.2, -0.15) is 0 Å². The Hall–Kier alpha value is -1.80. The molecule has 0 radical (unpaired) electrons. The van der Waals surface area contributed by atoms with Crippen molar-refractivity contribution in [1.29, 1.82) is 0 Å². The van der Waals surface area contributed by atoms with Gasteiger partial charge in [0.25, 0.3) is 0 Å². The standard InChI is InChI=1S/C17H20N2/c18-17(14-6-7-14)15-8-10-16(11-9-15)19-12-13-4-2-1-3-5-13/h1-5,8-11,14,17,19H,6-7,12,18H2/t17-/m0/s1. The van der Waals surface area contributed by atoms with Crippen LogP contribution in [-0.4, -0.2) is 0 Å². The monoisotopic (exact) mass is 252 g/mol. The number of nitrogens with one attached hydrogen (secondary N) is 1. The summed E-state index contributed by atoms with van der Waals surface area (Å²) in [5.41, 5.74) is 9.89. The van der Waals surface area contributed by atoms with Crippen LogP contribution < -0.4 is 11.1 Å². The van der Waals surface area contributed by atoms with Crippen molar-refractivity contribution in [2.24, 2.45) is 11.7 Å². The van der Waals surface area contributed by atoms with Crippen molar-refractivity contribution in [1.82, 2.24) is 0 Å². The van der Waals surface area contributed by atoms with Gasteiger partial charge >= 0.3 is 0 Å². The molecule has 19 heavy (non-hydrogen) atoms. The quantitative estimate of drug-likeness (QED) is 0.851. The van der Waals surface area contributed by atoms with Gasteiger partial charge in [0.2, 0.25) is 0 Å². The van der Waals surface area contributed by atoms with Crippen LogP contribution >= 0.6 is 0 Å². The summed E-state index contributed by atoms with van der Waals surface area (Å²) in [6.45, 7) is 0.856. The lowest BCUT2D eigenvalue weighted by atomic mass is 10.0. The second-order valence-electron chi connectivity index (χ2n) is 5.32. The first-order valence-electron chi connectivity index (χ1n) is 6.96. The molecule has 0 spiro atoms. The minimum atomic E-state index is 0.225. The second kappa shape index (κ2) is 5.45. The van der Waals surface area contributed by atoms with Crippen LogP contribution in [-0.2, 0) is 6.54 Å². The van der Waals surface area contributed by atoms with Gasteiger partial charge in [-0.1, -0.05) is 42.5 Å². The van der Waals surface area contributed by atoms with Crippen LogP contribution in [0.3, 0.4) is 0 Å². The molecule has 1 aliphatic carbocycles. The van der Waals surface area contributed by atoms with Gasteiger partial charge in [-0.15, -0.1) is 0 Å². The van der Waals surface area contributed by atoms with E-state index in [0.717, 1.165) is 12.2 Å². The van der Waals surface area contributed by atoms with Crippen molar-refractivity contribution in [2.75, 3.05) is 5.32 Å². The first-order chi connectivity index (χ1) is 9.33. The maximum atomic E-state index is 6.19. The highest BCUT2D eigenvalue weighted by Gasteiger charge is 2.29. The number of hydrogen-bond donors (Lipinski definition) is 2. The third-order valence-corrected chi connectivity index (χ3v) is 3.76. The van der Waals surface area contributed by atoms with Gasteiger partial charge in [-0.05, 0) is 42.0 Å². The van der Waals surface area contributed by atoms with Gasteiger partial charge in [0, 0.05) is 18.3 Å². The number of rotatable bonds is 5. The zero-order valence-electron chi connectivity index (χ0n) is 11.0. The van der Waals surface area contributed by atoms with Crippen LogP contribution in [0.15, 0.2) is 54.6 Å². The summed E-state index contributed by atoms with van der Waals surface area (Å²) in [4.78, 5) is 0. The average molecular weight is 252 g/mol. The minimum Gasteiger partial charge on any atom is -0.381 e. The molecule has 3 rings (SSSR count). The molecule has 0 amide bonds. The highest BCUT2D eigenvalue weighted by atomic mass is 14.9. The molecule has 1 atom stereocenters. The Morgan fingerprint density at radius 1 is 1.00 bits per heavy atom. The molecular weight excluding hydrogens is 232 g/mol. The normalized spacial score (nSPS) is 16.1. The molecule has 2 nitrogen and oxygen atoms in total. The van der Waals surface area contributed by atoms with Gasteiger partial charge in [-0.3, -0.25) is 0 Å². The number of hydrogen-bond acceptors (Lipinski definition) is 2. The van der Waals surface area contributed by atoms with Crippen LogP contribution in [0.4, 0.5) is 5.69 Å². The summed E-state index contributed by atoms with van der Waals surface area (Å²) in [5, 5.41) is 3.43. The summed E-state index contributed by atoms with van der Waals surface area (Å²) >= 11 is 0. The van der Waals surface area contributed by atoms with E-state index < -0.39 is 0 Å². The fraction of sp³-hybridized carbons (Fsp3) is 0.294. The smallest absolute Gasteiger partial charge is 0.0400 e. The summed E-state index contributed by atoms with van der Waals surface area (Å²) < 4.78 is 0. The van der Waals surface area contributed by atoms with Crippen LogP contribution in [0.25, 0.3) is 0 Å². The molecular formula is C17H20N2. The Balaban J connectivity index is 1.59. The lowest BCUT2D eigenvalue weighted by molar-refractivity contribution is 0.633. The first kappa shape index (κ1) is 12.2. The minimum absolute atomic E-state index is 0.225. The lowest BCUT2D eigenvalue weighted by Crippen LogP contribution is -2.12. The number of nitrogens with two attached hydrogens (primary N) is 1. The molecule has 98 valence electrons. The van der Waals surface area contributed by atoms with Crippen molar-refractivity contribution in [3.8, 4) is 0 Å². The maximum absolute atomic E-state index is 6.19. The Kier molecular flexibility index (Phi) is 3.51. The molecule has 1 aliphatic rings. The third-order valence-electron chi connectivity index (χ3n) is 3.76. The van der Waals surface area contributed by atoms with Crippen LogP contribution in [0, 0.1) is 5.92 Å². The first-order valence-corrected chi connectivity index (χ1v) is 6.96. The van der Waals surface area contributed by atoms with E-state index in [9.17, 15) is 0 Å². The summed E-state index contributed by atoms with van der Waals surface area (Å²) in [6.07, 6.45) is 2.57. The Morgan fingerprint density at radius 2 is 1.68 bits per heavy atom. The molecule has 0 aromatic heterocycles. The van der Waals surface area contributed by atoms with Crippen molar-refractivity contribution in [3.63, 3.8) is 0 Å². The highest BCUT2D eigenvalue weighted by Crippen LogP contribution is 2.39. The molecule has 1 saturated carbocycles. The van der Waals surface area contributed by atoms with Crippen LogP contribution in [0.1, 0.15) is 30.0 Å². The molecule has 1 fully saturated rings. The van der Waals surface area contributed by atoms with Gasteiger partial charge in [0.15, 0.2) is 0 Å². The number of benzene rings is 2. The fourth-order valence-corrected chi connectivity index (χ4v) is 2.35. The van der Waals surface area contributed by atoms with Crippen molar-refractivity contribution >= 4 is 5.69 Å². The summed E-state index contributed by atoms with van der Waals surface area (Å²) in [5.74, 6) is 0.711. The zero-order valence-corrected chi connectivity index (χ0v) is 11.0. The van der Waals surface area contributed by atoms with Gasteiger partial charge in [-0.25, -0.2) is 0 Å². The molecule has 2 heteroatoms. The van der Waals surface area contributed by atoms with Crippen molar-refractivity contribution in [3.05, 3.63) is 65.7 Å². The lowest BCUT2D eigenvalue weighted by Gasteiger charge is -2.12. The predicted octanol–water partition coefficient (Wildman–Crippen LogP) is 3.71. The largest absolute Gasteiger partial charge is 0.381 e. The van der Waals surface area contributed by atoms with E-state index >= 15 is 0 Å². The fourth-order valence-electron chi connectivity index (χ4n) is 2.35. The predicted molar refractivity (Wildman–Crippen MR) is 79.9 cm³/mol. The molecule has 0 unspecified atom stereocenters. The molecule has 3 N–H and O–H groups in total. The van der Waals surface area contributed by atoms with E-state index in [2.05, 4.69) is 53.8 Å². The molecule has 0 heterocycles. The molecule has 2 aromatic carbocycles. The second-order valence-corrected chi connectivity index (χ2v) is 5.32. The van der Waals surface area contributed by atoms with Crippen LogP contribution in [0.2, 0.25) is 0 Å². The van der Waals surface area contributed by atoms with Gasteiger partial charge < -0.3 is 11.1 Å². The molecule has 0 bridgehead atoms. The summed E-state index contributed by atoms with van der Waals surface area (Å²) in [7, 11) is 0. The molecule has 0 aliphatic heterocycles. The van der Waals surface area contributed by atoms with Crippen molar-refractivity contribution < 1.29 is 0 Å². The third kappa shape index (κ3) is 3.15. The average Bonchev–Trinajstić information content (AvgIpc) is 3.31. The SMILES string of the molecule is N[C@H](c1ccc(NCc2ccccc2)cc1)C1CC1. The maximum Gasteiger partial charge on any atom is 0.0400 e. The van der Waals surface area contributed by atoms with Gasteiger partial charge in [0.05, 0.1) is 0 Å². The Bertz CT molecular complexity index is 515. The molecule has 2 aromatic rings. The van der Waals surface area contributed by atoms with E-state index in [1.807, 2.05) is 6.07 Å². The Morgan fingerprint density at radius 3 is 2.32 bits per heavy atom. The molecule has 0 saturated heterocycles. The summed E-state index contributed by atoms with van der Waals surface area (Å²) in [6, 6.07) is 19.2. The van der Waals surface area contributed by atoms with Crippen molar-refractivity contribution in [2.45, 2.75) is 25.4 Å². The Labute approximate surface area is 114 Å². The van der Waals surface area contributed by atoms with Gasteiger partial charge in [0.1, 0.15) is 0 Å².